The van der Waals surface area contributed by atoms with E-state index in [0.29, 0.717) is 33.4 Å². The maximum Gasteiger partial charge on any atom is -0.00201 e. The number of benzene rings is 21. The van der Waals surface area contributed by atoms with Gasteiger partial charge >= 0.3 is 36.7 Å². The number of halogens is 3. The van der Waals surface area contributed by atoms with Crippen molar-refractivity contribution in [2.75, 3.05) is 0 Å². The van der Waals surface area contributed by atoms with Crippen molar-refractivity contribution in [3.8, 4) is 111 Å². The van der Waals surface area contributed by atoms with Gasteiger partial charge in [-0.15, -0.1) is 0 Å². The number of aliphatic hydroxyl groups is 2. The van der Waals surface area contributed by atoms with Crippen LogP contribution in [-0.2, 0) is 11.2 Å². The third-order valence-corrected chi connectivity index (χ3v) is 27.9. The van der Waals surface area contributed by atoms with E-state index in [1.165, 1.54) is 125 Å². The Balaban J connectivity index is 0.000000120. The molecule has 0 saturated heterocycles. The van der Waals surface area contributed by atoms with Gasteiger partial charge < -0.3 is 10.2 Å². The van der Waals surface area contributed by atoms with Gasteiger partial charge in [0.15, 0.2) is 11.6 Å². The van der Waals surface area contributed by atoms with Gasteiger partial charge in [0.05, 0.1) is 0 Å². The predicted molar refractivity (Wildman–Crippen MR) is 595 cm³/mol. The summed E-state index contributed by atoms with van der Waals surface area (Å²) < 4.78 is 1.28. The fourth-order valence-electron chi connectivity index (χ4n) is 20.3. The molecule has 0 bridgehead atoms. The van der Waals surface area contributed by atoms with Crippen molar-refractivity contribution in [2.24, 2.45) is 0 Å². The summed E-state index contributed by atoms with van der Waals surface area (Å²) in [5.41, 5.74) is 31.0. The second kappa shape index (κ2) is 40.8. The van der Waals surface area contributed by atoms with Gasteiger partial charge in [-0.25, -0.2) is 0 Å². The van der Waals surface area contributed by atoms with Crippen molar-refractivity contribution >= 4 is 128 Å². The summed E-state index contributed by atoms with van der Waals surface area (Å²) >= 11 is 1.57. The smallest absolute Gasteiger partial charge is 0.00201 e. The number of hydrogen-bond donors (Lipinski definition) is 2. The molecule has 0 heterocycles. The molecule has 2 radical (unpaired) electrons. The van der Waals surface area contributed by atoms with E-state index in [1.54, 1.807) is 12.1 Å². The van der Waals surface area contributed by atoms with Crippen LogP contribution in [0.1, 0.15) is 65.2 Å². The van der Waals surface area contributed by atoms with Gasteiger partial charge in [-0.1, -0.05) is 461 Å². The minimum atomic E-state index is -1.56. The predicted octanol–water partition coefficient (Wildman–Crippen LogP) is 34.3. The number of Topliss-reactive ketones (excluding diaryl/α,β-unsaturated/α-hetero) is 2. The molecule has 25 rings (SSSR count). The van der Waals surface area contributed by atoms with E-state index in [-0.39, 0.29) is 11.6 Å². The van der Waals surface area contributed by atoms with E-state index in [4.69, 9.17) is 17.8 Å². The van der Waals surface area contributed by atoms with Crippen LogP contribution in [-0.4, -0.2) is 40.7 Å². The molecule has 4 nitrogen and oxygen atoms in total. The first kappa shape index (κ1) is 91.2. The second-order valence-electron chi connectivity index (χ2n) is 35.0. The van der Waals surface area contributed by atoms with Crippen molar-refractivity contribution in [2.45, 2.75) is 11.2 Å². The molecule has 0 aromatic heterocycles. The van der Waals surface area contributed by atoms with Crippen LogP contribution < -0.4 is 0 Å². The van der Waals surface area contributed by atoms with Crippen LogP contribution in [0.3, 0.4) is 0 Å². The Morgan fingerprint density at radius 1 is 0.214 bits per heavy atom. The zero-order valence-corrected chi connectivity index (χ0v) is 82.6. The van der Waals surface area contributed by atoms with Gasteiger partial charge in [0.2, 0.25) is 0 Å². The summed E-state index contributed by atoms with van der Waals surface area (Å²) in [6, 6.07) is 175. The molecule has 0 aliphatic heterocycles. The third-order valence-electron chi connectivity index (χ3n) is 27.0. The van der Waals surface area contributed by atoms with E-state index in [0.717, 1.165) is 66.8 Å². The Morgan fingerprint density at radius 3 is 0.900 bits per heavy atom. The molecule has 4 aliphatic rings. The molecule has 2 N–H and O–H groups in total. The summed E-state index contributed by atoms with van der Waals surface area (Å²) in [7, 11) is 9.87. The first-order chi connectivity index (χ1) is 68.9. The number of carbonyl (C=O) groups excluding carboxylic acids is 2. The van der Waals surface area contributed by atoms with Crippen molar-refractivity contribution in [3.63, 3.8) is 0 Å². The zero-order valence-electron chi connectivity index (χ0n) is 76.1. The molecule has 0 saturated carbocycles. The maximum absolute atomic E-state index is 13.5. The Kier molecular flexibility index (Phi) is 26.6. The van der Waals surface area contributed by atoms with Crippen LogP contribution in [0.2, 0.25) is 0 Å². The van der Waals surface area contributed by atoms with Crippen molar-refractivity contribution in [1.82, 2.24) is 0 Å². The van der Waals surface area contributed by atoms with Gasteiger partial charge in [0.25, 0.3) is 0 Å². The van der Waals surface area contributed by atoms with Gasteiger partial charge in [-0.05, 0) is 272 Å². The van der Waals surface area contributed by atoms with Crippen LogP contribution in [0.4, 0.5) is 0 Å². The SMILES string of the molecule is Ic1ccc(-c2ccccc2)cc1-c1ccccc1.O=C1C2=Cc3ccccc3C(=O)C2=Cc2ccccc21.OC1(c2ccccc2)C2=Cc3ccccc3C(O)(c3ccc(-c4ccccc4)cc3-c3ccccc3)C2=Cc2ccccc21.[Cl][Sn][Cl].c1ccc(-c2ccc(-c3c4ccccc4cc4c(-c5ccc(-c6ccccc6)cc5-c5ccccc5)c5ccccc5cc34)c(-c3ccccc3)c2)cc1. The molecule has 2 unspecified atom stereocenters. The van der Waals surface area contributed by atoms with E-state index in [9.17, 15) is 19.8 Å². The van der Waals surface area contributed by atoms with Crippen LogP contribution in [0, 0.1) is 3.57 Å². The topological polar surface area (TPSA) is 74.6 Å². The molecule has 666 valence electrons. The molecule has 0 fully saturated rings. The summed E-state index contributed by atoms with van der Waals surface area (Å²) in [5, 5.41) is 33.9. The number of fused-ring (bicyclic) bond motifs is 9. The standard InChI is InChI=1S/C54H36.C42H30O2.C18H13I.C18H10O2.2ClH.Sn/c1-5-17-37(18-6-1)41-29-31-47(49(33-41)39-21-9-3-10-22-39)53-45-27-15-13-25-43(45)36-52-51(53)35-44-26-14-16-28-46(44)54(52)48-32-30-42(38-19-7-2-8-20-38)34-50(48)40-23-11-4-12-24-40;43-41(34-20-8-3-9-21-34)36-22-12-10-18-32(36)28-40-39(41)27-33-19-11-13-23-37(33)42(40,44)38-25-24-31(29-14-4-1-5-15-29)26-35(38)30-16-6-2-7-17-30;19-18-12-11-16(14-7-3-1-4-8-14)13-17(18)15-9-5-2-6-10-15;19-17-13-7-3-1-5-11(13)9-15-16(17)10-12-6-2-4-8-14(12)18(15)20;;;/h1-36H;1-28,43-44H;1-13H;1-10H;2*1H;/q;;;;;;+2/p-2. The summed E-state index contributed by atoms with van der Waals surface area (Å²) in [6.45, 7) is 0. The quantitative estimate of drug-likeness (QED) is 0.0726. The van der Waals surface area contributed by atoms with Crippen LogP contribution in [0.5, 0.6) is 0 Å². The third kappa shape index (κ3) is 17.9. The van der Waals surface area contributed by atoms with Gasteiger partial charge in [0, 0.05) is 42.6 Å². The molecule has 4 aliphatic carbocycles. The molecule has 0 amide bonds. The first-order valence-corrected chi connectivity index (χ1v) is 55.1. The fraction of sp³-hybridized carbons (Fsp3) is 0.0152. The molecule has 2 atom stereocenters. The molecule has 8 heteroatoms. The van der Waals surface area contributed by atoms with Gasteiger partial charge in [0.1, 0.15) is 11.2 Å². The maximum atomic E-state index is 13.5. The molecule has 140 heavy (non-hydrogen) atoms. The average molecular weight is 2060 g/mol. The number of ketones is 2. The summed E-state index contributed by atoms with van der Waals surface area (Å²) in [6.07, 6.45) is 7.76. The number of allylic oxidation sites excluding steroid dienone is 2. The molecule has 21 aromatic rings. The van der Waals surface area contributed by atoms with Crippen molar-refractivity contribution in [3.05, 3.63) is 585 Å². The molecular weight excluding hydrogens is 1970 g/mol. The Bertz CT molecular complexity index is 8110. The monoisotopic (exact) mass is 2050 g/mol. The van der Waals surface area contributed by atoms with Crippen LogP contribution >= 0.6 is 40.4 Å². The minimum Gasteiger partial charge on any atom is -0.0622 e. The normalized spacial score (nSPS) is 14.5. The Morgan fingerprint density at radius 2 is 0.500 bits per heavy atom. The number of hydrogen-bond acceptors (Lipinski definition) is 4. The Labute approximate surface area is 847 Å². The van der Waals surface area contributed by atoms with Crippen molar-refractivity contribution in [1.29, 1.82) is 0 Å². The fourth-order valence-corrected chi connectivity index (χ4v) is 21.0. The van der Waals surface area contributed by atoms with Gasteiger partial charge in [-0.3, -0.25) is 9.59 Å². The van der Waals surface area contributed by atoms with Crippen molar-refractivity contribution < 1.29 is 19.8 Å². The molecular formula is C132H89Cl2IO4Sn. The van der Waals surface area contributed by atoms with Crippen LogP contribution in [0.15, 0.2) is 526 Å². The van der Waals surface area contributed by atoms with E-state index >= 15 is 0 Å². The second-order valence-corrected chi connectivity index (χ2v) is 40.4. The van der Waals surface area contributed by atoms with Crippen LogP contribution in [0.25, 0.3) is 168 Å². The average Bonchev–Trinajstić information content (AvgIpc) is 0.686. The minimum absolute atomic E-state index is 0.0686. The Hall–Kier alpha value is -15.3. The summed E-state index contributed by atoms with van der Waals surface area (Å²) in [5.74, 6) is -0.137. The van der Waals surface area contributed by atoms with E-state index < -0.39 is 30.1 Å². The zero-order chi connectivity index (χ0) is 95.1. The number of rotatable bonds is 12. The largest absolute Gasteiger partial charge is 0.0622 e. The van der Waals surface area contributed by atoms with E-state index in [1.807, 2.05) is 170 Å². The summed E-state index contributed by atoms with van der Waals surface area (Å²) in [4.78, 5) is 25.1. The molecule has 21 aromatic carbocycles. The van der Waals surface area contributed by atoms with Gasteiger partial charge in [-0.2, -0.15) is 0 Å². The first-order valence-electron chi connectivity index (χ1n) is 46.7. The molecule has 0 spiro atoms. The van der Waals surface area contributed by atoms with E-state index in [2.05, 4.69) is 368 Å². The number of carbonyl (C=O) groups is 2.